The van der Waals surface area contributed by atoms with Crippen LogP contribution in [0.1, 0.15) is 18.2 Å². The molecule has 0 atom stereocenters. The maximum Gasteiger partial charge on any atom is 0.482 e. The highest BCUT2D eigenvalue weighted by molar-refractivity contribution is 6.57. The Balaban J connectivity index is 2.94. The van der Waals surface area contributed by atoms with E-state index in [1.165, 1.54) is 0 Å². The van der Waals surface area contributed by atoms with E-state index in [9.17, 15) is 21.7 Å². The molecule has 7 heteroatoms. The van der Waals surface area contributed by atoms with Crippen LogP contribution in [0, 0.1) is 0 Å². The molecule has 0 N–H and O–H groups in total. The van der Waals surface area contributed by atoms with Crippen LogP contribution in [0.4, 0.5) is 21.7 Å². The molecule has 84 valence electrons. The van der Waals surface area contributed by atoms with Crippen LogP contribution in [0.15, 0.2) is 18.3 Å². The van der Waals surface area contributed by atoms with Crippen molar-refractivity contribution < 1.29 is 21.7 Å². The molecule has 0 aliphatic heterocycles. The first-order valence-electron chi connectivity index (χ1n) is 4.23. The molecule has 0 spiro atoms. The van der Waals surface area contributed by atoms with Crippen molar-refractivity contribution in [2.75, 3.05) is 0 Å². The number of halogens is 5. The first-order chi connectivity index (χ1) is 6.68. The van der Waals surface area contributed by atoms with Gasteiger partial charge in [-0.25, -0.2) is 0 Å². The van der Waals surface area contributed by atoms with Crippen molar-refractivity contribution in [1.82, 2.24) is 4.98 Å². The molecule has 0 saturated carbocycles. The highest BCUT2D eigenvalue weighted by Gasteiger charge is 2.28. The molecular weight excluding hydrogens is 216 g/mol. The zero-order chi connectivity index (χ0) is 11.7. The molecule has 0 aromatic carbocycles. The third kappa shape index (κ3) is 3.85. The van der Waals surface area contributed by atoms with Crippen molar-refractivity contribution in [3.8, 4) is 0 Å². The fourth-order valence-corrected chi connectivity index (χ4v) is 1.11. The quantitative estimate of drug-likeness (QED) is 0.567. The smallest absolute Gasteiger partial charge is 0.449 e. The van der Waals surface area contributed by atoms with Crippen LogP contribution in [-0.4, -0.2) is 12.0 Å². The van der Waals surface area contributed by atoms with E-state index in [2.05, 4.69) is 4.98 Å². The average molecular weight is 224 g/mol. The Labute approximate surface area is 83.4 Å². The van der Waals surface area contributed by atoms with Gasteiger partial charge >= 0.3 is 6.98 Å². The maximum absolute atomic E-state index is 12.7. The van der Waals surface area contributed by atoms with Crippen LogP contribution < -0.4 is 0 Å². The number of nitrogens with zero attached hydrogens (tertiary/aromatic N) is 1. The van der Waals surface area contributed by atoms with Crippen molar-refractivity contribution in [2.24, 2.45) is 0 Å². The third-order valence-corrected chi connectivity index (χ3v) is 1.74. The van der Waals surface area contributed by atoms with Gasteiger partial charge in [-0.15, -0.1) is 0 Å². The molecule has 0 aliphatic carbocycles. The minimum Gasteiger partial charge on any atom is -0.449 e. The van der Waals surface area contributed by atoms with E-state index in [0.717, 1.165) is 18.3 Å². The SMILES string of the molecule is CC(F)(F)c1cc(C[B-](F)(F)F)ccn1. The van der Waals surface area contributed by atoms with E-state index in [0.29, 0.717) is 6.92 Å². The maximum atomic E-state index is 12.7. The van der Waals surface area contributed by atoms with Crippen LogP contribution in [-0.2, 0) is 12.2 Å². The lowest BCUT2D eigenvalue weighted by atomic mass is 9.82. The van der Waals surface area contributed by atoms with E-state index in [1.54, 1.807) is 0 Å². The van der Waals surface area contributed by atoms with E-state index >= 15 is 0 Å². The largest absolute Gasteiger partial charge is 0.482 e. The van der Waals surface area contributed by atoms with Gasteiger partial charge in [-0.1, -0.05) is 11.9 Å². The second kappa shape index (κ2) is 3.79. The summed E-state index contributed by atoms with van der Waals surface area (Å²) < 4.78 is 61.5. The molecular formula is C8H8BF5N-. The molecule has 0 fully saturated rings. The molecule has 0 unspecified atom stereocenters. The minimum absolute atomic E-state index is 0.186. The average Bonchev–Trinajstić information content (AvgIpc) is 1.99. The van der Waals surface area contributed by atoms with Gasteiger partial charge in [0.25, 0.3) is 5.92 Å². The lowest BCUT2D eigenvalue weighted by Crippen LogP contribution is -2.20. The van der Waals surface area contributed by atoms with E-state index in [1.807, 2.05) is 0 Å². The highest BCUT2D eigenvalue weighted by Crippen LogP contribution is 2.26. The summed E-state index contributed by atoms with van der Waals surface area (Å²) in [5, 5.41) is 0. The summed E-state index contributed by atoms with van der Waals surface area (Å²) in [5.74, 6) is -3.21. The molecule has 1 aromatic heterocycles. The second-order valence-corrected chi connectivity index (χ2v) is 3.35. The van der Waals surface area contributed by atoms with Gasteiger partial charge in [0, 0.05) is 13.1 Å². The summed E-state index contributed by atoms with van der Waals surface area (Å²) in [6, 6.07) is 1.87. The lowest BCUT2D eigenvalue weighted by molar-refractivity contribution is 0.0127. The fourth-order valence-electron chi connectivity index (χ4n) is 1.11. The first-order valence-corrected chi connectivity index (χ1v) is 4.23. The molecule has 0 aliphatic rings. The van der Waals surface area contributed by atoms with Crippen molar-refractivity contribution >= 4 is 6.98 Å². The Morgan fingerprint density at radius 1 is 1.33 bits per heavy atom. The van der Waals surface area contributed by atoms with Crippen LogP contribution in [0.5, 0.6) is 0 Å². The number of hydrogen-bond donors (Lipinski definition) is 0. The summed E-state index contributed by atoms with van der Waals surface area (Å²) in [6.07, 6.45) is -0.199. The third-order valence-electron chi connectivity index (χ3n) is 1.74. The predicted molar refractivity (Wildman–Crippen MR) is 46.6 cm³/mol. The normalized spacial score (nSPS) is 12.9. The monoisotopic (exact) mass is 224 g/mol. The van der Waals surface area contributed by atoms with E-state index in [-0.39, 0.29) is 5.56 Å². The zero-order valence-electron chi connectivity index (χ0n) is 7.85. The van der Waals surface area contributed by atoms with Gasteiger partial charge in [-0.2, -0.15) is 8.78 Å². The summed E-state index contributed by atoms with van der Waals surface area (Å²) in [4.78, 5) is 3.33. The topological polar surface area (TPSA) is 12.9 Å². The molecule has 0 bridgehead atoms. The highest BCUT2D eigenvalue weighted by atomic mass is 19.4. The van der Waals surface area contributed by atoms with Crippen molar-refractivity contribution in [2.45, 2.75) is 19.2 Å². The van der Waals surface area contributed by atoms with Crippen molar-refractivity contribution in [3.05, 3.63) is 29.6 Å². The molecule has 1 aromatic rings. The molecule has 15 heavy (non-hydrogen) atoms. The standard InChI is InChI=1S/C8H8BF5N/c1-8(10,11)7-4-6(2-3-15-7)5-9(12,13)14/h2-4H,5H2,1H3/q-1. The van der Waals surface area contributed by atoms with Crippen LogP contribution in [0.3, 0.4) is 0 Å². The molecule has 1 rings (SSSR count). The van der Waals surface area contributed by atoms with Gasteiger partial charge in [0.2, 0.25) is 0 Å². The Kier molecular flexibility index (Phi) is 3.01. The Bertz CT molecular complexity index is 344. The lowest BCUT2D eigenvalue weighted by Gasteiger charge is -2.15. The fraction of sp³-hybridized carbons (Fsp3) is 0.375. The summed E-state index contributed by atoms with van der Waals surface area (Å²) in [5.41, 5.74) is -0.825. The van der Waals surface area contributed by atoms with Gasteiger partial charge in [-0.3, -0.25) is 4.98 Å². The molecule has 0 radical (unpaired) electrons. The van der Waals surface area contributed by atoms with E-state index < -0.39 is 24.9 Å². The van der Waals surface area contributed by atoms with Crippen LogP contribution in [0.25, 0.3) is 0 Å². The number of rotatable bonds is 3. The zero-order valence-corrected chi connectivity index (χ0v) is 7.85. The Morgan fingerprint density at radius 2 is 1.93 bits per heavy atom. The van der Waals surface area contributed by atoms with Crippen LogP contribution in [0.2, 0.25) is 0 Å². The number of alkyl halides is 2. The number of pyridine rings is 1. The number of aromatic nitrogens is 1. The van der Waals surface area contributed by atoms with Crippen molar-refractivity contribution in [3.63, 3.8) is 0 Å². The van der Waals surface area contributed by atoms with Crippen LogP contribution >= 0.6 is 0 Å². The van der Waals surface area contributed by atoms with E-state index in [4.69, 9.17) is 0 Å². The molecule has 1 heterocycles. The van der Waals surface area contributed by atoms with Gasteiger partial charge < -0.3 is 12.9 Å². The van der Waals surface area contributed by atoms with Crippen molar-refractivity contribution in [1.29, 1.82) is 0 Å². The molecule has 0 saturated heterocycles. The summed E-state index contributed by atoms with van der Waals surface area (Å²) in [6.45, 7) is -4.41. The van der Waals surface area contributed by atoms with Gasteiger partial charge in [-0.05, 0) is 12.1 Å². The second-order valence-electron chi connectivity index (χ2n) is 3.35. The Morgan fingerprint density at radius 3 is 2.40 bits per heavy atom. The summed E-state index contributed by atoms with van der Waals surface area (Å²) in [7, 11) is 0. The molecule has 1 nitrogen and oxygen atoms in total. The van der Waals surface area contributed by atoms with Gasteiger partial charge in [0.1, 0.15) is 5.69 Å². The number of hydrogen-bond acceptors (Lipinski definition) is 1. The molecule has 0 amide bonds. The van der Waals surface area contributed by atoms with Gasteiger partial charge in [0.15, 0.2) is 0 Å². The predicted octanol–water partition coefficient (Wildman–Crippen LogP) is 3.12. The first kappa shape index (κ1) is 11.9. The Hall–Kier alpha value is -1.14. The minimum atomic E-state index is -5.01. The van der Waals surface area contributed by atoms with Gasteiger partial charge in [0.05, 0.1) is 0 Å². The summed E-state index contributed by atoms with van der Waals surface area (Å²) >= 11 is 0.